The van der Waals surface area contributed by atoms with Gasteiger partial charge in [-0.3, -0.25) is 9.78 Å². The molecule has 10 heteroatoms. The maximum absolute atomic E-state index is 12.6. The van der Waals surface area contributed by atoms with Crippen molar-refractivity contribution in [3.8, 4) is 23.1 Å². The highest BCUT2D eigenvalue weighted by Gasteiger charge is 2.30. The quantitative estimate of drug-likeness (QED) is 0.403. The predicted octanol–water partition coefficient (Wildman–Crippen LogP) is 3.47. The van der Waals surface area contributed by atoms with Gasteiger partial charge in [0.2, 0.25) is 15.9 Å². The zero-order chi connectivity index (χ0) is 23.3. The fraction of sp³-hybridized carbons (Fsp3) is 0.348. The number of benzene rings is 2. The second-order valence-electron chi connectivity index (χ2n) is 8.58. The van der Waals surface area contributed by atoms with E-state index in [2.05, 4.69) is 9.71 Å². The van der Waals surface area contributed by atoms with Crippen LogP contribution < -0.4 is 14.3 Å². The number of aromatic amines is 1. The highest BCUT2D eigenvalue weighted by atomic mass is 32.2. The smallest absolute Gasteiger partial charge is 0.307 e. The molecule has 3 aromatic rings. The number of sulfonamides is 1. The van der Waals surface area contributed by atoms with Crippen LogP contribution in [0.2, 0.25) is 0 Å². The molecule has 1 aromatic heterocycles. The fourth-order valence-electron chi connectivity index (χ4n) is 4.32. The lowest BCUT2D eigenvalue weighted by Crippen LogP contribution is -2.25. The number of aryl methyl sites for hydroxylation is 1. The molecule has 0 radical (unpaired) electrons. The van der Waals surface area contributed by atoms with Crippen LogP contribution in [0.5, 0.6) is 23.1 Å². The third kappa shape index (κ3) is 4.38. The molecule has 2 aliphatic carbocycles. The number of H-pyrrole nitrogens is 1. The van der Waals surface area contributed by atoms with Crippen LogP contribution >= 0.6 is 11.3 Å². The van der Waals surface area contributed by atoms with E-state index >= 15 is 0 Å². The number of aromatic nitrogens is 1. The molecule has 0 aliphatic heterocycles. The number of thiazole rings is 1. The van der Waals surface area contributed by atoms with Gasteiger partial charge >= 0.3 is 4.87 Å². The zero-order valence-corrected chi connectivity index (χ0v) is 19.6. The fourth-order valence-corrected chi connectivity index (χ4v) is 6.48. The summed E-state index contributed by atoms with van der Waals surface area (Å²) in [5, 5.41) is 20.1. The van der Waals surface area contributed by atoms with Crippen molar-refractivity contribution in [3.63, 3.8) is 0 Å². The molecule has 1 fully saturated rings. The van der Waals surface area contributed by atoms with Crippen molar-refractivity contribution in [1.29, 1.82) is 0 Å². The van der Waals surface area contributed by atoms with Crippen LogP contribution in [0.3, 0.4) is 0 Å². The monoisotopic (exact) mass is 488 g/mol. The van der Waals surface area contributed by atoms with E-state index in [1.165, 1.54) is 12.1 Å². The average molecular weight is 489 g/mol. The number of hydrogen-bond acceptors (Lipinski definition) is 7. The molecule has 0 atom stereocenters. The molecule has 0 bridgehead atoms. The van der Waals surface area contributed by atoms with Crippen molar-refractivity contribution >= 4 is 21.4 Å². The van der Waals surface area contributed by atoms with Crippen LogP contribution in [0.1, 0.15) is 46.4 Å². The number of fused-ring (bicyclic) bond motifs is 1. The van der Waals surface area contributed by atoms with Gasteiger partial charge in [-0.05, 0) is 73.4 Å². The van der Waals surface area contributed by atoms with Gasteiger partial charge in [0, 0.05) is 18.5 Å². The Labute approximate surface area is 194 Å². The average Bonchev–Trinajstić information content (AvgIpc) is 3.29. The Bertz CT molecular complexity index is 1400. The molecular weight excluding hydrogens is 464 g/mol. The van der Waals surface area contributed by atoms with Gasteiger partial charge in [0.25, 0.3) is 0 Å². The topological polar surface area (TPSA) is 129 Å². The second kappa shape index (κ2) is 8.19. The largest absolute Gasteiger partial charge is 0.507 e. The summed E-state index contributed by atoms with van der Waals surface area (Å²) >= 11 is 1.00. The highest BCUT2D eigenvalue weighted by Crippen LogP contribution is 2.41. The molecule has 4 N–H and O–H groups in total. The molecule has 1 heterocycles. The maximum atomic E-state index is 12.6. The van der Waals surface area contributed by atoms with Crippen LogP contribution in [-0.2, 0) is 29.3 Å². The molecule has 2 aliphatic rings. The molecule has 0 saturated heterocycles. The van der Waals surface area contributed by atoms with E-state index in [1.807, 2.05) is 13.0 Å². The van der Waals surface area contributed by atoms with Gasteiger partial charge in [0.05, 0.1) is 4.88 Å². The molecule has 2 aromatic carbocycles. The Balaban J connectivity index is 1.48. The minimum atomic E-state index is -3.84. The summed E-state index contributed by atoms with van der Waals surface area (Å²) < 4.78 is 34.0. The first kappa shape index (κ1) is 22.0. The van der Waals surface area contributed by atoms with Crippen molar-refractivity contribution in [1.82, 2.24) is 9.71 Å². The van der Waals surface area contributed by atoms with Gasteiger partial charge in [0.1, 0.15) is 22.1 Å². The van der Waals surface area contributed by atoms with Gasteiger partial charge in [-0.15, -0.1) is 0 Å². The van der Waals surface area contributed by atoms with E-state index in [0.29, 0.717) is 22.8 Å². The van der Waals surface area contributed by atoms with Crippen LogP contribution in [0.25, 0.3) is 0 Å². The second-order valence-corrected chi connectivity index (χ2v) is 11.3. The Morgan fingerprint density at radius 2 is 1.94 bits per heavy atom. The van der Waals surface area contributed by atoms with Crippen molar-refractivity contribution in [2.45, 2.75) is 56.4 Å². The number of phenols is 1. The normalized spacial score (nSPS) is 15.5. The van der Waals surface area contributed by atoms with Crippen molar-refractivity contribution in [2.75, 3.05) is 0 Å². The standard InChI is InChI=1S/C23H24N2O6S2/c1-12-9-13(10-19-22(27)24-23(28)32-19)16-3-2-4-17(16)21(12)31-15-7-8-18(26)20(11-15)33(29,30)25-14-5-6-14/h7-9,11,14,25-27H,2-6,10H2,1H3,(H,24,28). The first-order valence-electron chi connectivity index (χ1n) is 10.8. The van der Waals surface area contributed by atoms with Crippen molar-refractivity contribution < 1.29 is 23.4 Å². The lowest BCUT2D eigenvalue weighted by Gasteiger charge is -2.18. The summed E-state index contributed by atoms with van der Waals surface area (Å²) in [6.07, 6.45) is 4.69. The highest BCUT2D eigenvalue weighted by molar-refractivity contribution is 7.89. The summed E-state index contributed by atoms with van der Waals surface area (Å²) in [6, 6.07) is 6.15. The number of ether oxygens (including phenoxy) is 1. The summed E-state index contributed by atoms with van der Waals surface area (Å²) in [6.45, 7) is 1.92. The first-order chi connectivity index (χ1) is 15.7. The van der Waals surface area contributed by atoms with Crippen LogP contribution in [0.15, 0.2) is 34.0 Å². The van der Waals surface area contributed by atoms with E-state index in [0.717, 1.165) is 65.7 Å². The molecule has 174 valence electrons. The number of nitrogens with one attached hydrogen (secondary N) is 2. The predicted molar refractivity (Wildman–Crippen MR) is 124 cm³/mol. The molecule has 5 rings (SSSR count). The molecule has 0 unspecified atom stereocenters. The Kier molecular flexibility index (Phi) is 5.46. The number of hydrogen-bond donors (Lipinski definition) is 4. The Hall–Kier alpha value is -2.82. The van der Waals surface area contributed by atoms with E-state index < -0.39 is 10.0 Å². The lowest BCUT2D eigenvalue weighted by atomic mass is 9.96. The first-order valence-corrected chi connectivity index (χ1v) is 13.1. The number of phenolic OH excluding ortho intramolecular Hbond substituents is 1. The van der Waals surface area contributed by atoms with Gasteiger partial charge < -0.3 is 14.9 Å². The molecule has 0 amide bonds. The summed E-state index contributed by atoms with van der Waals surface area (Å²) in [5.41, 5.74) is 4.11. The summed E-state index contributed by atoms with van der Waals surface area (Å²) in [4.78, 5) is 14.1. The van der Waals surface area contributed by atoms with Crippen LogP contribution in [-0.4, -0.2) is 29.7 Å². The van der Waals surface area contributed by atoms with Gasteiger partial charge in [0.15, 0.2) is 0 Å². The van der Waals surface area contributed by atoms with Crippen LogP contribution in [0.4, 0.5) is 0 Å². The lowest BCUT2D eigenvalue weighted by molar-refractivity contribution is 0.445. The maximum Gasteiger partial charge on any atom is 0.307 e. The van der Waals surface area contributed by atoms with Crippen molar-refractivity contribution in [2.24, 2.45) is 0 Å². The van der Waals surface area contributed by atoms with Gasteiger partial charge in [-0.2, -0.15) is 0 Å². The Morgan fingerprint density at radius 1 is 1.18 bits per heavy atom. The minimum Gasteiger partial charge on any atom is -0.507 e. The number of aromatic hydroxyl groups is 2. The zero-order valence-electron chi connectivity index (χ0n) is 18.0. The van der Waals surface area contributed by atoms with E-state index in [-0.39, 0.29) is 27.4 Å². The van der Waals surface area contributed by atoms with Gasteiger partial charge in [-0.1, -0.05) is 17.4 Å². The van der Waals surface area contributed by atoms with Crippen LogP contribution in [0, 0.1) is 6.92 Å². The summed E-state index contributed by atoms with van der Waals surface area (Å²) in [5.74, 6) is 0.600. The minimum absolute atomic E-state index is 0.0740. The van der Waals surface area contributed by atoms with Gasteiger partial charge in [-0.25, -0.2) is 13.1 Å². The van der Waals surface area contributed by atoms with E-state index in [9.17, 15) is 23.4 Å². The SMILES string of the molecule is Cc1cc(Cc2sc(=O)[nH]c2O)c2c(c1Oc1ccc(O)c(S(=O)(=O)NC3CC3)c1)CCC2. The van der Waals surface area contributed by atoms with Crippen molar-refractivity contribution in [3.05, 3.63) is 61.1 Å². The molecule has 33 heavy (non-hydrogen) atoms. The molecular formula is C23H24N2O6S2. The third-order valence-electron chi connectivity index (χ3n) is 6.02. The molecule has 1 saturated carbocycles. The summed E-state index contributed by atoms with van der Waals surface area (Å²) in [7, 11) is -3.84. The molecule has 8 nitrogen and oxygen atoms in total. The molecule has 0 spiro atoms. The van der Waals surface area contributed by atoms with E-state index in [4.69, 9.17) is 4.74 Å². The number of rotatable bonds is 7. The Morgan fingerprint density at radius 3 is 2.64 bits per heavy atom. The third-order valence-corrected chi connectivity index (χ3v) is 8.44. The van der Waals surface area contributed by atoms with E-state index in [1.54, 1.807) is 6.07 Å².